The van der Waals surface area contributed by atoms with Gasteiger partial charge in [-0.25, -0.2) is 0 Å². The Morgan fingerprint density at radius 2 is 1.64 bits per heavy atom. The van der Waals surface area contributed by atoms with Gasteiger partial charge < -0.3 is 15.4 Å². The summed E-state index contributed by atoms with van der Waals surface area (Å²) in [5, 5.41) is 5.41. The third-order valence-corrected chi connectivity index (χ3v) is 3.34. The zero-order chi connectivity index (χ0) is 18.1. The second kappa shape index (κ2) is 9.22. The fourth-order valence-electron chi connectivity index (χ4n) is 2.13. The van der Waals surface area contributed by atoms with Gasteiger partial charge in [-0.1, -0.05) is 30.3 Å². The van der Waals surface area contributed by atoms with Gasteiger partial charge in [0.05, 0.1) is 6.61 Å². The van der Waals surface area contributed by atoms with Crippen molar-refractivity contribution in [2.75, 3.05) is 11.9 Å². The van der Waals surface area contributed by atoms with E-state index in [-0.39, 0.29) is 18.9 Å². The second-order valence-electron chi connectivity index (χ2n) is 5.28. The molecule has 0 unspecified atom stereocenters. The molecule has 0 aliphatic carbocycles. The minimum atomic E-state index is -0.572. The third kappa shape index (κ3) is 6.10. The molecule has 2 aromatic rings. The minimum Gasteiger partial charge on any atom is -0.466 e. The fourth-order valence-corrected chi connectivity index (χ4v) is 2.13. The molecule has 0 heterocycles. The molecule has 0 aromatic heterocycles. The van der Waals surface area contributed by atoms with Crippen molar-refractivity contribution in [2.24, 2.45) is 0 Å². The molecule has 6 heteroatoms. The summed E-state index contributed by atoms with van der Waals surface area (Å²) in [5.41, 5.74) is 2.01. The predicted molar refractivity (Wildman–Crippen MR) is 93.9 cm³/mol. The molecule has 0 bridgehead atoms. The normalized spacial score (nSPS) is 9.96. The summed E-state index contributed by atoms with van der Waals surface area (Å²) in [6.07, 6.45) is -0.340. The maximum Gasteiger partial charge on any atom is 0.315 e. The molecule has 2 aromatic carbocycles. The maximum atomic E-state index is 12.1. The van der Waals surface area contributed by atoms with Crippen LogP contribution in [0.25, 0.3) is 0 Å². The van der Waals surface area contributed by atoms with Crippen molar-refractivity contribution in [3.63, 3.8) is 0 Å². The number of carbonyl (C=O) groups is 3. The van der Waals surface area contributed by atoms with Crippen LogP contribution < -0.4 is 10.6 Å². The van der Waals surface area contributed by atoms with E-state index in [9.17, 15) is 14.4 Å². The van der Waals surface area contributed by atoms with Crippen LogP contribution in [0.1, 0.15) is 29.3 Å². The number of esters is 1. The Labute approximate surface area is 146 Å². The van der Waals surface area contributed by atoms with Gasteiger partial charge in [0.1, 0.15) is 6.42 Å². The van der Waals surface area contributed by atoms with E-state index in [0.717, 1.165) is 5.56 Å². The topological polar surface area (TPSA) is 84.5 Å². The Balaban J connectivity index is 1.85. The van der Waals surface area contributed by atoms with Crippen molar-refractivity contribution >= 4 is 23.5 Å². The van der Waals surface area contributed by atoms with Crippen molar-refractivity contribution < 1.29 is 19.1 Å². The van der Waals surface area contributed by atoms with Gasteiger partial charge in [0.15, 0.2) is 0 Å². The Morgan fingerprint density at radius 1 is 0.960 bits per heavy atom. The molecule has 0 spiro atoms. The van der Waals surface area contributed by atoms with Crippen LogP contribution >= 0.6 is 0 Å². The zero-order valence-electron chi connectivity index (χ0n) is 14.0. The molecule has 0 atom stereocenters. The fraction of sp³-hybridized carbons (Fsp3) is 0.211. The summed E-state index contributed by atoms with van der Waals surface area (Å²) >= 11 is 0. The van der Waals surface area contributed by atoms with E-state index in [0.29, 0.717) is 17.8 Å². The highest BCUT2D eigenvalue weighted by Crippen LogP contribution is 2.10. The minimum absolute atomic E-state index is 0.201. The number of hydrogen-bond acceptors (Lipinski definition) is 4. The first kappa shape index (κ1) is 18.2. The van der Waals surface area contributed by atoms with E-state index in [4.69, 9.17) is 4.74 Å². The molecular formula is C19H20N2O4. The number of anilines is 1. The van der Waals surface area contributed by atoms with Crippen LogP contribution in [0.3, 0.4) is 0 Å². The second-order valence-corrected chi connectivity index (χ2v) is 5.28. The van der Waals surface area contributed by atoms with Gasteiger partial charge in [0.25, 0.3) is 5.91 Å². The highest BCUT2D eigenvalue weighted by atomic mass is 16.5. The third-order valence-electron chi connectivity index (χ3n) is 3.34. The molecular weight excluding hydrogens is 320 g/mol. The maximum absolute atomic E-state index is 12.1. The first-order valence-corrected chi connectivity index (χ1v) is 7.96. The van der Waals surface area contributed by atoms with Gasteiger partial charge in [0, 0.05) is 17.8 Å². The van der Waals surface area contributed by atoms with E-state index >= 15 is 0 Å². The molecule has 0 aliphatic rings. The van der Waals surface area contributed by atoms with Gasteiger partial charge in [-0.3, -0.25) is 14.4 Å². The molecule has 0 radical (unpaired) electrons. The Morgan fingerprint density at radius 3 is 2.28 bits per heavy atom. The predicted octanol–water partition coefficient (Wildman–Crippen LogP) is 2.51. The van der Waals surface area contributed by atoms with Gasteiger partial charge in [-0.05, 0) is 36.8 Å². The largest absolute Gasteiger partial charge is 0.466 e. The van der Waals surface area contributed by atoms with Crippen molar-refractivity contribution in [1.82, 2.24) is 5.32 Å². The van der Waals surface area contributed by atoms with E-state index in [1.54, 1.807) is 31.2 Å². The van der Waals surface area contributed by atoms with Crippen LogP contribution in [0.5, 0.6) is 0 Å². The van der Waals surface area contributed by atoms with Gasteiger partial charge >= 0.3 is 5.97 Å². The first-order valence-electron chi connectivity index (χ1n) is 7.96. The molecule has 0 fully saturated rings. The molecule has 6 nitrogen and oxygen atoms in total. The first-order chi connectivity index (χ1) is 12.1. The van der Waals surface area contributed by atoms with E-state index in [1.807, 2.05) is 30.3 Å². The van der Waals surface area contributed by atoms with Crippen LogP contribution in [0.4, 0.5) is 5.69 Å². The standard InChI is InChI=1S/C19H20N2O4/c1-2-25-18(23)12-17(22)21-16-10-8-15(9-11-16)19(24)20-13-14-6-4-3-5-7-14/h3-11H,2,12-13H2,1H3,(H,20,24)(H,21,22). The Hall–Kier alpha value is -3.15. The molecule has 25 heavy (non-hydrogen) atoms. The quantitative estimate of drug-likeness (QED) is 0.599. The van der Waals surface area contributed by atoms with Crippen LogP contribution in [-0.4, -0.2) is 24.4 Å². The SMILES string of the molecule is CCOC(=O)CC(=O)Nc1ccc(C(=O)NCc2ccccc2)cc1. The highest BCUT2D eigenvalue weighted by Gasteiger charge is 2.11. The van der Waals surface area contributed by atoms with Crippen LogP contribution in [0.2, 0.25) is 0 Å². The molecule has 0 saturated heterocycles. The molecule has 130 valence electrons. The monoisotopic (exact) mass is 340 g/mol. The number of carbonyl (C=O) groups excluding carboxylic acids is 3. The number of nitrogens with one attached hydrogen (secondary N) is 2. The molecule has 2 amide bonds. The summed E-state index contributed by atoms with van der Waals surface area (Å²) in [5.74, 6) is -1.23. The summed E-state index contributed by atoms with van der Waals surface area (Å²) in [4.78, 5) is 35.0. The number of rotatable bonds is 7. The summed E-state index contributed by atoms with van der Waals surface area (Å²) in [7, 11) is 0. The van der Waals surface area contributed by atoms with Crippen molar-refractivity contribution in [3.8, 4) is 0 Å². The van der Waals surface area contributed by atoms with Crippen LogP contribution in [-0.2, 0) is 20.9 Å². The van der Waals surface area contributed by atoms with E-state index in [2.05, 4.69) is 10.6 Å². The van der Waals surface area contributed by atoms with Gasteiger partial charge in [-0.2, -0.15) is 0 Å². The molecule has 2 rings (SSSR count). The van der Waals surface area contributed by atoms with Crippen molar-refractivity contribution in [1.29, 1.82) is 0 Å². The van der Waals surface area contributed by atoms with E-state index < -0.39 is 11.9 Å². The average molecular weight is 340 g/mol. The number of hydrogen-bond donors (Lipinski definition) is 2. The molecule has 0 aliphatic heterocycles. The van der Waals surface area contributed by atoms with Gasteiger partial charge in [0.2, 0.25) is 5.91 Å². The van der Waals surface area contributed by atoms with Crippen LogP contribution in [0.15, 0.2) is 54.6 Å². The van der Waals surface area contributed by atoms with Crippen LogP contribution in [0, 0.1) is 0 Å². The van der Waals surface area contributed by atoms with E-state index in [1.165, 1.54) is 0 Å². The average Bonchev–Trinajstić information content (AvgIpc) is 2.61. The number of benzene rings is 2. The highest BCUT2D eigenvalue weighted by molar-refractivity contribution is 6.02. The number of ether oxygens (including phenoxy) is 1. The van der Waals surface area contributed by atoms with Gasteiger partial charge in [-0.15, -0.1) is 0 Å². The molecule has 2 N–H and O–H groups in total. The lowest BCUT2D eigenvalue weighted by Gasteiger charge is -2.08. The Bertz CT molecular complexity index is 727. The summed E-state index contributed by atoms with van der Waals surface area (Å²) in [6.45, 7) is 2.36. The smallest absolute Gasteiger partial charge is 0.315 e. The zero-order valence-corrected chi connectivity index (χ0v) is 14.0. The Kier molecular flexibility index (Phi) is 6.71. The summed E-state index contributed by atoms with van der Waals surface area (Å²) < 4.78 is 4.71. The van der Waals surface area contributed by atoms with Crippen molar-refractivity contribution in [2.45, 2.75) is 19.9 Å². The lowest BCUT2D eigenvalue weighted by molar-refractivity contribution is -0.145. The lowest BCUT2D eigenvalue weighted by Crippen LogP contribution is -2.22. The molecule has 0 saturated carbocycles. The lowest BCUT2D eigenvalue weighted by atomic mass is 10.1. The van der Waals surface area contributed by atoms with Crippen molar-refractivity contribution in [3.05, 3.63) is 65.7 Å². The summed E-state index contributed by atoms with van der Waals surface area (Å²) in [6, 6.07) is 16.1. The number of amides is 2.